The number of hydrogen-bond donors (Lipinski definition) is 2. The van der Waals surface area contributed by atoms with Crippen molar-refractivity contribution in [2.24, 2.45) is 5.73 Å². The lowest BCUT2D eigenvalue weighted by molar-refractivity contribution is 0.100. The maximum atomic E-state index is 10.9. The zero-order valence-corrected chi connectivity index (χ0v) is 7.23. The molecule has 1 aliphatic rings. The van der Waals surface area contributed by atoms with Crippen molar-refractivity contribution in [2.45, 2.75) is 25.3 Å². The monoisotopic (exact) mass is 180 g/mol. The van der Waals surface area contributed by atoms with Crippen molar-refractivity contribution in [1.82, 2.24) is 9.78 Å². The highest BCUT2D eigenvalue weighted by molar-refractivity contribution is 5.96. The third-order valence-corrected chi connectivity index (χ3v) is 2.47. The highest BCUT2D eigenvalue weighted by Crippen LogP contribution is 2.31. The molecule has 0 unspecified atom stereocenters. The molecule has 0 spiro atoms. The van der Waals surface area contributed by atoms with Crippen LogP contribution in [0.15, 0.2) is 6.20 Å². The van der Waals surface area contributed by atoms with Crippen molar-refractivity contribution in [3.05, 3.63) is 11.8 Å². The Kier molecular flexibility index (Phi) is 1.72. The average molecular weight is 180 g/mol. The Labute approximate surface area is 75.7 Å². The Hall–Kier alpha value is -1.52. The lowest BCUT2D eigenvalue weighted by Gasteiger charge is -2.25. The molecule has 4 N–H and O–H groups in total. The van der Waals surface area contributed by atoms with Crippen LogP contribution in [-0.4, -0.2) is 15.7 Å². The van der Waals surface area contributed by atoms with Gasteiger partial charge in [-0.05, 0) is 19.3 Å². The van der Waals surface area contributed by atoms with Crippen molar-refractivity contribution < 1.29 is 4.79 Å². The summed E-state index contributed by atoms with van der Waals surface area (Å²) in [7, 11) is 0. The zero-order chi connectivity index (χ0) is 9.42. The van der Waals surface area contributed by atoms with E-state index in [1.54, 1.807) is 10.9 Å². The summed E-state index contributed by atoms with van der Waals surface area (Å²) in [6, 6.07) is 0.412. The van der Waals surface area contributed by atoms with Crippen LogP contribution in [0, 0.1) is 0 Å². The molecule has 1 aromatic rings. The van der Waals surface area contributed by atoms with E-state index in [1.807, 2.05) is 0 Å². The first kappa shape index (κ1) is 8.10. The van der Waals surface area contributed by atoms with Crippen molar-refractivity contribution in [3.8, 4) is 0 Å². The fourth-order valence-corrected chi connectivity index (χ4v) is 1.43. The van der Waals surface area contributed by atoms with Crippen LogP contribution < -0.4 is 11.5 Å². The minimum absolute atomic E-state index is 0.236. The fourth-order valence-electron chi connectivity index (χ4n) is 1.43. The Morgan fingerprint density at radius 2 is 2.31 bits per heavy atom. The van der Waals surface area contributed by atoms with Gasteiger partial charge in [0, 0.05) is 6.20 Å². The molecule has 70 valence electrons. The third kappa shape index (κ3) is 1.26. The molecule has 0 atom stereocenters. The Morgan fingerprint density at radius 3 is 2.69 bits per heavy atom. The SMILES string of the molecule is NC(=O)c1cn(C2CCC2)nc1N. The molecule has 0 radical (unpaired) electrons. The number of carbonyl (C=O) groups is 1. The molecule has 0 bridgehead atoms. The molecule has 1 amide bonds. The maximum Gasteiger partial charge on any atom is 0.254 e. The summed E-state index contributed by atoms with van der Waals surface area (Å²) in [5, 5.41) is 4.05. The van der Waals surface area contributed by atoms with E-state index in [0.29, 0.717) is 11.6 Å². The first-order valence-corrected chi connectivity index (χ1v) is 4.33. The van der Waals surface area contributed by atoms with Crippen LogP contribution in [0.3, 0.4) is 0 Å². The second-order valence-corrected chi connectivity index (χ2v) is 3.36. The van der Waals surface area contributed by atoms with Crippen molar-refractivity contribution in [1.29, 1.82) is 0 Å². The molecule has 1 heterocycles. The number of rotatable bonds is 2. The molecule has 2 rings (SSSR count). The molecule has 1 aromatic heterocycles. The molecular weight excluding hydrogens is 168 g/mol. The van der Waals surface area contributed by atoms with E-state index in [0.717, 1.165) is 12.8 Å². The van der Waals surface area contributed by atoms with Crippen LogP contribution in [0.1, 0.15) is 35.7 Å². The molecule has 0 aromatic carbocycles. The molecule has 0 saturated heterocycles. The molecule has 0 aliphatic heterocycles. The number of hydrogen-bond acceptors (Lipinski definition) is 3. The van der Waals surface area contributed by atoms with Gasteiger partial charge in [0.2, 0.25) is 0 Å². The summed E-state index contributed by atoms with van der Waals surface area (Å²) < 4.78 is 1.75. The van der Waals surface area contributed by atoms with Crippen molar-refractivity contribution in [2.75, 3.05) is 5.73 Å². The number of nitrogens with zero attached hydrogens (tertiary/aromatic N) is 2. The molecule has 5 heteroatoms. The van der Waals surface area contributed by atoms with Gasteiger partial charge in [0.1, 0.15) is 5.56 Å². The largest absolute Gasteiger partial charge is 0.382 e. The van der Waals surface area contributed by atoms with Gasteiger partial charge in [-0.2, -0.15) is 5.10 Å². The predicted octanol–water partition coefficient (Wildman–Crippen LogP) is 0.289. The van der Waals surface area contributed by atoms with Gasteiger partial charge in [0.25, 0.3) is 5.91 Å². The first-order chi connectivity index (χ1) is 6.18. The van der Waals surface area contributed by atoms with Crippen LogP contribution in [0.4, 0.5) is 5.82 Å². The predicted molar refractivity (Wildman–Crippen MR) is 48.0 cm³/mol. The number of nitrogen functional groups attached to an aromatic ring is 1. The number of carbonyl (C=O) groups excluding carboxylic acids is 1. The van der Waals surface area contributed by atoms with E-state index >= 15 is 0 Å². The number of primary amides is 1. The maximum absolute atomic E-state index is 10.9. The minimum Gasteiger partial charge on any atom is -0.382 e. The standard InChI is InChI=1S/C8H12N4O/c9-7-6(8(10)13)4-12(11-7)5-2-1-3-5/h4-5H,1-3H2,(H2,9,11)(H2,10,13). The van der Waals surface area contributed by atoms with Gasteiger partial charge in [-0.3, -0.25) is 9.48 Å². The summed E-state index contributed by atoms with van der Waals surface area (Å²) in [6.07, 6.45) is 5.08. The topological polar surface area (TPSA) is 86.9 Å². The Morgan fingerprint density at radius 1 is 1.62 bits per heavy atom. The molecular formula is C8H12N4O. The number of amides is 1. The average Bonchev–Trinajstić information content (AvgIpc) is 2.27. The Bertz CT molecular complexity index is 340. The third-order valence-electron chi connectivity index (χ3n) is 2.47. The molecule has 5 nitrogen and oxygen atoms in total. The minimum atomic E-state index is -0.511. The van der Waals surface area contributed by atoms with Crippen LogP contribution in [0.25, 0.3) is 0 Å². The van der Waals surface area contributed by atoms with Crippen LogP contribution in [0.2, 0.25) is 0 Å². The van der Waals surface area contributed by atoms with Crippen molar-refractivity contribution >= 4 is 11.7 Å². The summed E-state index contributed by atoms with van der Waals surface area (Å²) >= 11 is 0. The fraction of sp³-hybridized carbons (Fsp3) is 0.500. The summed E-state index contributed by atoms with van der Waals surface area (Å²) in [5.74, 6) is -0.275. The Balaban J connectivity index is 2.28. The molecule has 13 heavy (non-hydrogen) atoms. The van der Waals surface area contributed by atoms with E-state index < -0.39 is 5.91 Å². The van der Waals surface area contributed by atoms with Crippen LogP contribution in [0.5, 0.6) is 0 Å². The van der Waals surface area contributed by atoms with Gasteiger partial charge >= 0.3 is 0 Å². The van der Waals surface area contributed by atoms with Crippen molar-refractivity contribution in [3.63, 3.8) is 0 Å². The number of nitrogens with two attached hydrogens (primary N) is 2. The normalized spacial score (nSPS) is 16.9. The number of aromatic nitrogens is 2. The second kappa shape index (κ2) is 2.76. The van der Waals surface area contributed by atoms with Gasteiger partial charge in [-0.1, -0.05) is 0 Å². The van der Waals surface area contributed by atoms with Gasteiger partial charge in [0.05, 0.1) is 6.04 Å². The molecule has 1 fully saturated rings. The van der Waals surface area contributed by atoms with Gasteiger partial charge in [0.15, 0.2) is 5.82 Å². The quantitative estimate of drug-likeness (QED) is 0.685. The van der Waals surface area contributed by atoms with E-state index in [9.17, 15) is 4.79 Å². The van der Waals surface area contributed by atoms with E-state index in [4.69, 9.17) is 11.5 Å². The zero-order valence-electron chi connectivity index (χ0n) is 7.23. The van der Waals surface area contributed by atoms with Crippen LogP contribution >= 0.6 is 0 Å². The second-order valence-electron chi connectivity index (χ2n) is 3.36. The lowest BCUT2D eigenvalue weighted by atomic mass is 9.93. The summed E-state index contributed by atoms with van der Waals surface area (Å²) in [4.78, 5) is 10.9. The lowest BCUT2D eigenvalue weighted by Crippen LogP contribution is -2.17. The van der Waals surface area contributed by atoms with E-state index in [-0.39, 0.29) is 5.82 Å². The smallest absolute Gasteiger partial charge is 0.254 e. The van der Waals surface area contributed by atoms with E-state index in [2.05, 4.69) is 5.10 Å². The van der Waals surface area contributed by atoms with Gasteiger partial charge in [-0.25, -0.2) is 0 Å². The molecule has 1 aliphatic carbocycles. The summed E-state index contributed by atoms with van der Waals surface area (Å²) in [6.45, 7) is 0. The molecule has 1 saturated carbocycles. The van der Waals surface area contributed by atoms with E-state index in [1.165, 1.54) is 6.42 Å². The number of anilines is 1. The highest BCUT2D eigenvalue weighted by Gasteiger charge is 2.22. The highest BCUT2D eigenvalue weighted by atomic mass is 16.1. The first-order valence-electron chi connectivity index (χ1n) is 4.33. The van der Waals surface area contributed by atoms with Gasteiger partial charge in [-0.15, -0.1) is 0 Å². The van der Waals surface area contributed by atoms with Crippen LogP contribution in [-0.2, 0) is 0 Å². The summed E-state index contributed by atoms with van der Waals surface area (Å²) in [5.41, 5.74) is 11.0. The van der Waals surface area contributed by atoms with Gasteiger partial charge < -0.3 is 11.5 Å².